The molecule has 0 unspecified atom stereocenters. The Morgan fingerprint density at radius 2 is 2.04 bits per heavy atom. The Kier molecular flexibility index (Phi) is 4.83. The molecule has 10 heteroatoms. The number of carbonyl (C=O) groups excluding carboxylic acids is 1. The Hall–Kier alpha value is -2.49. The third kappa shape index (κ3) is 3.69. The highest BCUT2D eigenvalue weighted by molar-refractivity contribution is 7.99. The molecule has 4 rings (SSSR count). The first kappa shape index (κ1) is 17.0. The van der Waals surface area contributed by atoms with Gasteiger partial charge in [0, 0.05) is 22.2 Å². The Labute approximate surface area is 161 Å². The van der Waals surface area contributed by atoms with Crippen LogP contribution in [0.3, 0.4) is 0 Å². The van der Waals surface area contributed by atoms with Crippen LogP contribution in [0.15, 0.2) is 53.0 Å². The monoisotopic (exact) mass is 402 g/mol. The van der Waals surface area contributed by atoms with Gasteiger partial charge in [0.15, 0.2) is 16.6 Å². The van der Waals surface area contributed by atoms with Crippen molar-refractivity contribution in [1.82, 2.24) is 24.8 Å². The van der Waals surface area contributed by atoms with E-state index in [0.29, 0.717) is 26.7 Å². The number of aromatic nitrogens is 5. The average molecular weight is 403 g/mol. The molecule has 3 aromatic heterocycles. The fraction of sp³-hybridized carbons (Fsp3) is 0.0625. The summed E-state index contributed by atoms with van der Waals surface area (Å²) in [7, 11) is 0. The van der Waals surface area contributed by atoms with E-state index in [-0.39, 0.29) is 11.7 Å². The molecule has 0 bridgehead atoms. The number of rotatable bonds is 5. The normalized spacial score (nSPS) is 11.0. The summed E-state index contributed by atoms with van der Waals surface area (Å²) in [5.41, 5.74) is 1.49. The van der Waals surface area contributed by atoms with Gasteiger partial charge in [-0.2, -0.15) is 9.61 Å². The van der Waals surface area contributed by atoms with E-state index in [0.717, 1.165) is 5.56 Å². The minimum absolute atomic E-state index is 0.131. The predicted octanol–water partition coefficient (Wildman–Crippen LogP) is 3.63. The molecule has 26 heavy (non-hydrogen) atoms. The van der Waals surface area contributed by atoms with Crippen molar-refractivity contribution in [3.05, 3.63) is 53.0 Å². The third-order valence-electron chi connectivity index (χ3n) is 3.37. The number of hydrogen-bond donors (Lipinski definition) is 1. The van der Waals surface area contributed by atoms with Crippen LogP contribution >= 0.6 is 34.7 Å². The van der Waals surface area contributed by atoms with E-state index in [4.69, 9.17) is 11.6 Å². The number of fused-ring (bicyclic) bond motifs is 1. The zero-order chi connectivity index (χ0) is 17.9. The minimum Gasteiger partial charge on any atom is -0.301 e. The maximum absolute atomic E-state index is 12.0. The minimum atomic E-state index is -0.131. The van der Waals surface area contributed by atoms with Crippen LogP contribution in [0.5, 0.6) is 0 Å². The van der Waals surface area contributed by atoms with Crippen molar-refractivity contribution in [1.29, 1.82) is 0 Å². The van der Waals surface area contributed by atoms with Crippen LogP contribution in [0.25, 0.3) is 17.0 Å². The molecule has 0 aliphatic carbocycles. The van der Waals surface area contributed by atoms with E-state index in [1.165, 1.54) is 23.1 Å². The van der Waals surface area contributed by atoms with Crippen LogP contribution in [-0.2, 0) is 4.79 Å². The van der Waals surface area contributed by atoms with Crippen molar-refractivity contribution in [3.8, 4) is 11.4 Å². The van der Waals surface area contributed by atoms with Gasteiger partial charge in [-0.3, -0.25) is 4.79 Å². The molecule has 0 radical (unpaired) electrons. The summed E-state index contributed by atoms with van der Waals surface area (Å²) < 4.78 is 1.66. The Balaban J connectivity index is 1.52. The molecule has 0 aliphatic heterocycles. The molecule has 0 atom stereocenters. The van der Waals surface area contributed by atoms with Gasteiger partial charge in [-0.05, 0) is 36.4 Å². The molecular weight excluding hydrogens is 392 g/mol. The Morgan fingerprint density at radius 1 is 1.19 bits per heavy atom. The number of thioether (sulfide) groups is 1. The lowest BCUT2D eigenvalue weighted by Gasteiger charge is -2.03. The summed E-state index contributed by atoms with van der Waals surface area (Å²) >= 11 is 8.64. The molecule has 1 aromatic carbocycles. The Morgan fingerprint density at radius 3 is 2.81 bits per heavy atom. The number of halogens is 1. The van der Waals surface area contributed by atoms with Crippen molar-refractivity contribution in [2.75, 3.05) is 11.1 Å². The van der Waals surface area contributed by atoms with Crippen molar-refractivity contribution < 1.29 is 4.79 Å². The van der Waals surface area contributed by atoms with Crippen LogP contribution in [0, 0.1) is 0 Å². The number of nitrogens with one attached hydrogen (secondary N) is 1. The zero-order valence-corrected chi connectivity index (χ0v) is 15.6. The first-order chi connectivity index (χ1) is 12.7. The number of hydrogen-bond acceptors (Lipinski definition) is 7. The highest BCUT2D eigenvalue weighted by atomic mass is 35.5. The van der Waals surface area contributed by atoms with Gasteiger partial charge >= 0.3 is 0 Å². The van der Waals surface area contributed by atoms with E-state index in [1.54, 1.807) is 22.8 Å². The largest absolute Gasteiger partial charge is 0.301 e. The van der Waals surface area contributed by atoms with Crippen LogP contribution in [-0.4, -0.2) is 36.5 Å². The third-order valence-corrected chi connectivity index (χ3v) is 5.23. The number of nitrogens with zero attached hydrogens (tertiary/aromatic N) is 5. The highest BCUT2D eigenvalue weighted by Gasteiger charge is 2.11. The molecule has 7 nitrogen and oxygen atoms in total. The molecule has 4 aromatic rings. The lowest BCUT2D eigenvalue weighted by atomic mass is 10.2. The number of anilines is 1. The summed E-state index contributed by atoms with van der Waals surface area (Å²) in [6.45, 7) is 0. The smallest absolute Gasteiger partial charge is 0.236 e. The number of amides is 1. The van der Waals surface area contributed by atoms with Gasteiger partial charge < -0.3 is 5.32 Å². The van der Waals surface area contributed by atoms with Gasteiger partial charge in [0.05, 0.1) is 5.75 Å². The quantitative estimate of drug-likeness (QED) is 0.513. The van der Waals surface area contributed by atoms with E-state index in [1.807, 2.05) is 29.6 Å². The van der Waals surface area contributed by atoms with Crippen LogP contribution < -0.4 is 5.32 Å². The molecule has 0 saturated heterocycles. The number of benzene rings is 1. The second-order valence-electron chi connectivity index (χ2n) is 5.15. The van der Waals surface area contributed by atoms with Gasteiger partial charge in [-0.1, -0.05) is 23.4 Å². The summed E-state index contributed by atoms with van der Waals surface area (Å²) in [5, 5.41) is 19.3. The summed E-state index contributed by atoms with van der Waals surface area (Å²) in [5.74, 6) is 0.719. The first-order valence-electron chi connectivity index (χ1n) is 7.49. The molecule has 1 N–H and O–H groups in total. The van der Waals surface area contributed by atoms with E-state index >= 15 is 0 Å². The van der Waals surface area contributed by atoms with Gasteiger partial charge in [-0.25, -0.2) is 4.98 Å². The molecule has 130 valence electrons. The fourth-order valence-electron chi connectivity index (χ4n) is 2.21. The van der Waals surface area contributed by atoms with Crippen molar-refractivity contribution in [2.24, 2.45) is 0 Å². The standard InChI is InChI=1S/C16H11ClN6OS2/c17-11-3-1-10(2-4-11)15-21-20-12-5-6-14(22-23(12)15)26-9-13(24)19-16-18-7-8-25-16/h1-8H,9H2,(H,18,19,24). The summed E-state index contributed by atoms with van der Waals surface area (Å²) in [6, 6.07) is 10.9. The molecule has 0 saturated carbocycles. The average Bonchev–Trinajstić information content (AvgIpc) is 3.30. The maximum Gasteiger partial charge on any atom is 0.236 e. The van der Waals surface area contributed by atoms with E-state index in [9.17, 15) is 4.79 Å². The van der Waals surface area contributed by atoms with Gasteiger partial charge in [0.1, 0.15) is 5.03 Å². The van der Waals surface area contributed by atoms with Crippen molar-refractivity contribution in [3.63, 3.8) is 0 Å². The molecule has 1 amide bonds. The maximum atomic E-state index is 12.0. The predicted molar refractivity (Wildman–Crippen MR) is 103 cm³/mol. The van der Waals surface area contributed by atoms with Crippen molar-refractivity contribution in [2.45, 2.75) is 5.03 Å². The van der Waals surface area contributed by atoms with Crippen molar-refractivity contribution >= 4 is 51.4 Å². The molecular formula is C16H11ClN6OS2. The second-order valence-corrected chi connectivity index (χ2v) is 7.47. The number of carbonyl (C=O) groups is 1. The van der Waals surface area contributed by atoms with Gasteiger partial charge in [-0.15, -0.1) is 21.5 Å². The van der Waals surface area contributed by atoms with Crippen LogP contribution in [0.4, 0.5) is 5.13 Å². The lowest BCUT2D eigenvalue weighted by molar-refractivity contribution is -0.113. The molecule has 0 spiro atoms. The van der Waals surface area contributed by atoms with E-state index in [2.05, 4.69) is 25.6 Å². The highest BCUT2D eigenvalue weighted by Crippen LogP contribution is 2.22. The summed E-state index contributed by atoms with van der Waals surface area (Å²) in [4.78, 5) is 16.0. The Bertz CT molecular complexity index is 1050. The zero-order valence-electron chi connectivity index (χ0n) is 13.2. The van der Waals surface area contributed by atoms with Gasteiger partial charge in [0.25, 0.3) is 0 Å². The van der Waals surface area contributed by atoms with E-state index < -0.39 is 0 Å². The fourth-order valence-corrected chi connectivity index (χ4v) is 3.53. The van der Waals surface area contributed by atoms with Crippen LogP contribution in [0.2, 0.25) is 5.02 Å². The van der Waals surface area contributed by atoms with Crippen LogP contribution in [0.1, 0.15) is 0 Å². The second kappa shape index (κ2) is 7.40. The molecule has 0 fully saturated rings. The van der Waals surface area contributed by atoms with Gasteiger partial charge in [0.2, 0.25) is 5.91 Å². The summed E-state index contributed by atoms with van der Waals surface area (Å²) in [6.07, 6.45) is 1.65. The SMILES string of the molecule is O=C(CSc1ccc2nnc(-c3ccc(Cl)cc3)n2n1)Nc1nccs1. The topological polar surface area (TPSA) is 85.1 Å². The lowest BCUT2D eigenvalue weighted by Crippen LogP contribution is -2.14. The molecule has 0 aliphatic rings. The molecule has 3 heterocycles. The first-order valence-corrected chi connectivity index (χ1v) is 9.74. The number of thiazole rings is 1.